The lowest BCUT2D eigenvalue weighted by Gasteiger charge is -2.10. The van der Waals surface area contributed by atoms with Crippen molar-refractivity contribution in [3.63, 3.8) is 0 Å². The van der Waals surface area contributed by atoms with Gasteiger partial charge >= 0.3 is 0 Å². The molecule has 2 aromatic carbocycles. The number of benzene rings is 2. The SMILES string of the molecule is O=c1c2ncccc2c(-c2ccccc2)nn1Cc1ccccc1. The summed E-state index contributed by atoms with van der Waals surface area (Å²) >= 11 is 0. The molecule has 0 radical (unpaired) electrons. The standard InChI is InChI=1S/C20H15N3O/c24-20-19-17(12-7-13-21-19)18(16-10-5-2-6-11-16)22-23(20)14-15-8-3-1-4-9-15/h1-13H,14H2. The van der Waals surface area contributed by atoms with E-state index < -0.39 is 0 Å². The Bertz CT molecular complexity index is 1040. The molecule has 0 atom stereocenters. The summed E-state index contributed by atoms with van der Waals surface area (Å²) in [5.41, 5.74) is 3.05. The van der Waals surface area contributed by atoms with E-state index in [-0.39, 0.29) is 5.56 Å². The van der Waals surface area contributed by atoms with Crippen LogP contribution >= 0.6 is 0 Å². The topological polar surface area (TPSA) is 47.8 Å². The number of aromatic nitrogens is 3. The average Bonchev–Trinajstić information content (AvgIpc) is 2.66. The van der Waals surface area contributed by atoms with Crippen molar-refractivity contribution in [3.05, 3.63) is 94.9 Å². The van der Waals surface area contributed by atoms with Crippen LogP contribution in [0.5, 0.6) is 0 Å². The van der Waals surface area contributed by atoms with Crippen LogP contribution in [-0.4, -0.2) is 14.8 Å². The van der Waals surface area contributed by atoms with Crippen molar-refractivity contribution in [1.29, 1.82) is 0 Å². The summed E-state index contributed by atoms with van der Waals surface area (Å²) < 4.78 is 1.49. The van der Waals surface area contributed by atoms with E-state index in [1.165, 1.54) is 4.68 Å². The zero-order valence-corrected chi connectivity index (χ0v) is 13.0. The minimum atomic E-state index is -0.172. The number of pyridine rings is 1. The molecule has 2 heterocycles. The quantitative estimate of drug-likeness (QED) is 0.581. The molecule has 0 fully saturated rings. The van der Waals surface area contributed by atoms with Crippen LogP contribution in [0.4, 0.5) is 0 Å². The summed E-state index contributed by atoms with van der Waals surface area (Å²) in [6.07, 6.45) is 1.64. The van der Waals surface area contributed by atoms with E-state index in [0.29, 0.717) is 12.1 Å². The zero-order chi connectivity index (χ0) is 16.4. The van der Waals surface area contributed by atoms with E-state index in [1.807, 2.05) is 72.8 Å². The smallest absolute Gasteiger partial charge is 0.265 e. The van der Waals surface area contributed by atoms with Crippen LogP contribution in [0.3, 0.4) is 0 Å². The second kappa shape index (κ2) is 6.08. The molecular weight excluding hydrogens is 298 g/mol. The van der Waals surface area contributed by atoms with Crippen molar-refractivity contribution in [2.24, 2.45) is 0 Å². The van der Waals surface area contributed by atoms with Gasteiger partial charge in [0.15, 0.2) is 0 Å². The van der Waals surface area contributed by atoms with Crippen LogP contribution in [0.1, 0.15) is 5.56 Å². The van der Waals surface area contributed by atoms with Gasteiger partial charge in [-0.25, -0.2) is 4.68 Å². The average molecular weight is 313 g/mol. The Kier molecular flexibility index (Phi) is 3.63. The highest BCUT2D eigenvalue weighted by Crippen LogP contribution is 2.23. The molecule has 4 aromatic rings. The molecule has 24 heavy (non-hydrogen) atoms. The van der Waals surface area contributed by atoms with E-state index in [4.69, 9.17) is 0 Å². The molecule has 0 saturated carbocycles. The molecule has 0 unspecified atom stereocenters. The summed E-state index contributed by atoms with van der Waals surface area (Å²) in [4.78, 5) is 17.1. The maximum Gasteiger partial charge on any atom is 0.293 e. The first kappa shape index (κ1) is 14.3. The fraction of sp³-hybridized carbons (Fsp3) is 0.0500. The van der Waals surface area contributed by atoms with Gasteiger partial charge in [0.1, 0.15) is 11.2 Å². The van der Waals surface area contributed by atoms with Gasteiger partial charge in [0.25, 0.3) is 5.56 Å². The summed E-state index contributed by atoms with van der Waals surface area (Å²) in [5, 5.41) is 5.41. The van der Waals surface area contributed by atoms with Crippen molar-refractivity contribution in [2.45, 2.75) is 6.54 Å². The fourth-order valence-corrected chi connectivity index (χ4v) is 2.78. The van der Waals surface area contributed by atoms with E-state index in [1.54, 1.807) is 6.20 Å². The fourth-order valence-electron chi connectivity index (χ4n) is 2.78. The first-order valence-electron chi connectivity index (χ1n) is 7.78. The molecule has 4 rings (SSSR count). The van der Waals surface area contributed by atoms with E-state index in [9.17, 15) is 4.79 Å². The van der Waals surface area contributed by atoms with Crippen LogP contribution in [0, 0.1) is 0 Å². The number of rotatable bonds is 3. The molecule has 0 saturated heterocycles. The molecule has 4 heteroatoms. The molecule has 2 aromatic heterocycles. The lowest BCUT2D eigenvalue weighted by molar-refractivity contribution is 0.649. The maximum absolute atomic E-state index is 12.8. The molecule has 4 nitrogen and oxygen atoms in total. The monoisotopic (exact) mass is 313 g/mol. The van der Waals surface area contributed by atoms with Crippen LogP contribution < -0.4 is 5.56 Å². The molecule has 0 aliphatic carbocycles. The summed E-state index contributed by atoms with van der Waals surface area (Å²) in [6.45, 7) is 0.423. The first-order valence-corrected chi connectivity index (χ1v) is 7.78. The van der Waals surface area contributed by atoms with Gasteiger partial charge in [-0.2, -0.15) is 5.10 Å². The molecule has 0 aliphatic heterocycles. The van der Waals surface area contributed by atoms with Crippen molar-refractivity contribution >= 4 is 10.9 Å². The van der Waals surface area contributed by atoms with E-state index in [2.05, 4.69) is 10.1 Å². The Balaban J connectivity index is 1.95. The van der Waals surface area contributed by atoms with Gasteiger partial charge in [0, 0.05) is 17.1 Å². The van der Waals surface area contributed by atoms with Gasteiger partial charge in [-0.1, -0.05) is 60.7 Å². The van der Waals surface area contributed by atoms with Gasteiger partial charge in [-0.3, -0.25) is 9.78 Å². The van der Waals surface area contributed by atoms with Crippen molar-refractivity contribution in [2.75, 3.05) is 0 Å². The summed E-state index contributed by atoms with van der Waals surface area (Å²) in [6, 6.07) is 23.4. The third kappa shape index (κ3) is 2.58. The Hall–Kier alpha value is -3.27. The van der Waals surface area contributed by atoms with Crippen molar-refractivity contribution in [1.82, 2.24) is 14.8 Å². The lowest BCUT2D eigenvalue weighted by atomic mass is 10.1. The zero-order valence-electron chi connectivity index (χ0n) is 13.0. The van der Waals surface area contributed by atoms with Crippen molar-refractivity contribution in [3.8, 4) is 11.3 Å². The summed E-state index contributed by atoms with van der Waals surface area (Å²) in [7, 11) is 0. The third-order valence-corrected chi connectivity index (χ3v) is 3.94. The number of hydrogen-bond acceptors (Lipinski definition) is 3. The highest BCUT2D eigenvalue weighted by molar-refractivity contribution is 5.91. The number of hydrogen-bond donors (Lipinski definition) is 0. The van der Waals surface area contributed by atoms with Gasteiger partial charge in [-0.05, 0) is 17.7 Å². The van der Waals surface area contributed by atoms with Crippen LogP contribution in [-0.2, 0) is 6.54 Å². The maximum atomic E-state index is 12.8. The molecule has 116 valence electrons. The molecule has 0 amide bonds. The second-order valence-corrected chi connectivity index (χ2v) is 5.56. The highest BCUT2D eigenvalue weighted by Gasteiger charge is 2.13. The lowest BCUT2D eigenvalue weighted by Crippen LogP contribution is -2.25. The highest BCUT2D eigenvalue weighted by atomic mass is 16.1. The first-order chi connectivity index (χ1) is 11.8. The predicted molar refractivity (Wildman–Crippen MR) is 94.8 cm³/mol. The van der Waals surface area contributed by atoms with Gasteiger partial charge in [-0.15, -0.1) is 0 Å². The second-order valence-electron chi connectivity index (χ2n) is 5.56. The van der Waals surface area contributed by atoms with Crippen LogP contribution in [0.15, 0.2) is 83.8 Å². The van der Waals surface area contributed by atoms with Crippen molar-refractivity contribution < 1.29 is 0 Å². The Morgan fingerprint density at radius 2 is 1.54 bits per heavy atom. The van der Waals surface area contributed by atoms with Gasteiger partial charge in [0.05, 0.1) is 6.54 Å². The molecular formula is C20H15N3O. The van der Waals surface area contributed by atoms with Crippen LogP contribution in [0.25, 0.3) is 22.2 Å². The van der Waals surface area contributed by atoms with Gasteiger partial charge in [0.2, 0.25) is 0 Å². The normalized spacial score (nSPS) is 10.8. The molecule has 0 spiro atoms. The van der Waals surface area contributed by atoms with E-state index >= 15 is 0 Å². The van der Waals surface area contributed by atoms with Gasteiger partial charge < -0.3 is 0 Å². The largest absolute Gasteiger partial charge is 0.293 e. The predicted octanol–water partition coefficient (Wildman–Crippen LogP) is 3.51. The van der Waals surface area contributed by atoms with Crippen LogP contribution in [0.2, 0.25) is 0 Å². The van der Waals surface area contributed by atoms with E-state index in [0.717, 1.165) is 22.2 Å². The Labute approximate surface area is 139 Å². The Morgan fingerprint density at radius 3 is 2.29 bits per heavy atom. The molecule has 0 aliphatic rings. The number of fused-ring (bicyclic) bond motifs is 1. The minimum absolute atomic E-state index is 0.172. The summed E-state index contributed by atoms with van der Waals surface area (Å²) in [5.74, 6) is 0. The molecule has 0 bridgehead atoms. The molecule has 0 N–H and O–H groups in total. The minimum Gasteiger partial charge on any atom is -0.265 e. The Morgan fingerprint density at radius 1 is 0.833 bits per heavy atom. The third-order valence-electron chi connectivity index (χ3n) is 3.94. The number of nitrogens with zero attached hydrogens (tertiary/aromatic N) is 3.